The second kappa shape index (κ2) is 4.38. The molecule has 15 heavy (non-hydrogen) atoms. The van der Waals surface area contributed by atoms with Gasteiger partial charge in [0.25, 0.3) is 0 Å². The summed E-state index contributed by atoms with van der Waals surface area (Å²) < 4.78 is 0. The van der Waals surface area contributed by atoms with Crippen molar-refractivity contribution in [2.75, 3.05) is 17.3 Å². The number of nitrogens with zero attached hydrogens (tertiary/aromatic N) is 1. The van der Waals surface area contributed by atoms with Crippen LogP contribution in [-0.4, -0.2) is 18.2 Å². The van der Waals surface area contributed by atoms with Crippen molar-refractivity contribution in [3.05, 3.63) is 22.0 Å². The molecule has 1 unspecified atom stereocenters. The van der Waals surface area contributed by atoms with Crippen LogP contribution in [0.5, 0.6) is 0 Å². The Morgan fingerprint density at radius 3 is 2.60 bits per heavy atom. The van der Waals surface area contributed by atoms with Gasteiger partial charge in [-0.05, 0) is 19.4 Å². The summed E-state index contributed by atoms with van der Waals surface area (Å²) in [6.45, 7) is 7.99. The minimum Gasteiger partial charge on any atom is -0.362 e. The van der Waals surface area contributed by atoms with Crippen LogP contribution in [-0.2, 0) is 0 Å². The normalized spacial score (nSPS) is 17.7. The van der Waals surface area contributed by atoms with Crippen molar-refractivity contribution >= 4 is 11.5 Å². The molecule has 0 amide bonds. The van der Waals surface area contributed by atoms with Crippen molar-refractivity contribution in [2.24, 2.45) is 0 Å². The Bertz CT molecular complexity index is 397. The number of aromatic amines is 1. The van der Waals surface area contributed by atoms with E-state index in [2.05, 4.69) is 17.2 Å². The fourth-order valence-corrected chi connectivity index (χ4v) is 1.62. The molecular weight excluding hydrogens is 190 g/mol. The molecule has 0 radical (unpaired) electrons. The highest BCUT2D eigenvalue weighted by Gasteiger charge is 2.24. The molecule has 1 aromatic heterocycles. The van der Waals surface area contributed by atoms with Gasteiger partial charge in [-0.1, -0.05) is 13.8 Å². The minimum atomic E-state index is -0.0426. The maximum absolute atomic E-state index is 11.2. The number of rotatable bonds is 0. The highest BCUT2D eigenvalue weighted by Crippen LogP contribution is 2.32. The second-order valence-electron chi connectivity index (χ2n) is 3.47. The molecule has 2 N–H and O–H groups in total. The van der Waals surface area contributed by atoms with Gasteiger partial charge in [0.2, 0.25) is 5.56 Å². The third kappa shape index (κ3) is 1.98. The summed E-state index contributed by atoms with van der Waals surface area (Å²) in [6.07, 6.45) is 0.242. The Balaban J connectivity index is 0.000000531. The predicted molar refractivity (Wildman–Crippen MR) is 64.6 cm³/mol. The first-order valence-corrected chi connectivity index (χ1v) is 5.33. The molecule has 4 heteroatoms. The zero-order valence-electron chi connectivity index (χ0n) is 10.0. The summed E-state index contributed by atoms with van der Waals surface area (Å²) >= 11 is 0. The van der Waals surface area contributed by atoms with Crippen molar-refractivity contribution < 1.29 is 0 Å². The van der Waals surface area contributed by atoms with Crippen LogP contribution in [0.2, 0.25) is 0 Å². The van der Waals surface area contributed by atoms with Gasteiger partial charge in [-0.15, -0.1) is 0 Å². The van der Waals surface area contributed by atoms with Gasteiger partial charge in [0.1, 0.15) is 5.82 Å². The largest absolute Gasteiger partial charge is 0.362 e. The van der Waals surface area contributed by atoms with E-state index < -0.39 is 0 Å². The van der Waals surface area contributed by atoms with E-state index in [1.807, 2.05) is 32.7 Å². The lowest BCUT2D eigenvalue weighted by atomic mass is 10.2. The molecule has 1 aliphatic heterocycles. The summed E-state index contributed by atoms with van der Waals surface area (Å²) in [5.74, 6) is 0.887. The summed E-state index contributed by atoms with van der Waals surface area (Å²) in [5, 5.41) is 3.30. The van der Waals surface area contributed by atoms with Crippen LogP contribution in [0.3, 0.4) is 0 Å². The number of hydrogen-bond acceptors (Lipinski definition) is 3. The summed E-state index contributed by atoms with van der Waals surface area (Å²) in [5.41, 5.74) is 1.99. The topological polar surface area (TPSA) is 48.1 Å². The number of fused-ring (bicyclic) bond motifs is 1. The highest BCUT2D eigenvalue weighted by molar-refractivity contribution is 5.74. The summed E-state index contributed by atoms with van der Waals surface area (Å²) in [4.78, 5) is 16.0. The molecule has 0 saturated heterocycles. The molecule has 1 atom stereocenters. The third-order valence-corrected chi connectivity index (χ3v) is 2.51. The van der Waals surface area contributed by atoms with Crippen LogP contribution in [0, 0.1) is 6.92 Å². The van der Waals surface area contributed by atoms with Crippen LogP contribution < -0.4 is 15.8 Å². The molecule has 0 saturated carbocycles. The standard InChI is InChI=1S/C9H13N3O.C2H6/c1-5-4-7(13)11-9-8(5)10-6(2)12(9)3;1-2/h4,6,10H,1-3H3,(H,11,13);1-2H3. The molecule has 4 nitrogen and oxygen atoms in total. The number of pyridine rings is 1. The first kappa shape index (κ1) is 11.6. The Morgan fingerprint density at radius 2 is 2.00 bits per heavy atom. The zero-order chi connectivity index (χ0) is 11.6. The first-order chi connectivity index (χ1) is 7.09. The first-order valence-electron chi connectivity index (χ1n) is 5.33. The van der Waals surface area contributed by atoms with Crippen molar-refractivity contribution in [2.45, 2.75) is 33.9 Å². The van der Waals surface area contributed by atoms with Gasteiger partial charge in [0.15, 0.2) is 0 Å². The summed E-state index contributed by atoms with van der Waals surface area (Å²) in [6, 6.07) is 1.61. The molecule has 1 aliphatic rings. The Kier molecular flexibility index (Phi) is 3.39. The van der Waals surface area contributed by atoms with E-state index in [-0.39, 0.29) is 11.7 Å². The number of H-pyrrole nitrogens is 1. The van der Waals surface area contributed by atoms with E-state index in [1.165, 1.54) is 0 Å². The number of aromatic nitrogens is 1. The Hall–Kier alpha value is -1.45. The zero-order valence-corrected chi connectivity index (χ0v) is 10.0. The maximum atomic E-state index is 11.2. The molecule has 0 fully saturated rings. The fourth-order valence-electron chi connectivity index (χ4n) is 1.62. The monoisotopic (exact) mass is 209 g/mol. The van der Waals surface area contributed by atoms with Crippen molar-refractivity contribution in [3.8, 4) is 0 Å². The van der Waals surface area contributed by atoms with Gasteiger partial charge in [0, 0.05) is 13.1 Å². The van der Waals surface area contributed by atoms with E-state index in [0.717, 1.165) is 17.1 Å². The van der Waals surface area contributed by atoms with Crippen LogP contribution in [0.4, 0.5) is 11.5 Å². The van der Waals surface area contributed by atoms with E-state index in [1.54, 1.807) is 6.07 Å². The predicted octanol–water partition coefficient (Wildman–Crippen LogP) is 1.92. The quantitative estimate of drug-likeness (QED) is 0.686. The molecule has 0 bridgehead atoms. The number of aryl methyl sites for hydroxylation is 1. The van der Waals surface area contributed by atoms with Gasteiger partial charge in [-0.2, -0.15) is 0 Å². The van der Waals surface area contributed by atoms with E-state index in [9.17, 15) is 4.79 Å². The highest BCUT2D eigenvalue weighted by atomic mass is 16.1. The van der Waals surface area contributed by atoms with E-state index in [4.69, 9.17) is 0 Å². The fraction of sp³-hybridized carbons (Fsp3) is 0.545. The second-order valence-corrected chi connectivity index (χ2v) is 3.47. The third-order valence-electron chi connectivity index (χ3n) is 2.51. The van der Waals surface area contributed by atoms with Crippen LogP contribution in [0.25, 0.3) is 0 Å². The minimum absolute atomic E-state index is 0.0426. The lowest BCUT2D eigenvalue weighted by Crippen LogP contribution is -2.29. The lowest BCUT2D eigenvalue weighted by molar-refractivity contribution is 0.797. The average Bonchev–Trinajstić information content (AvgIpc) is 2.49. The summed E-state index contributed by atoms with van der Waals surface area (Å²) in [7, 11) is 1.96. The van der Waals surface area contributed by atoms with E-state index >= 15 is 0 Å². The van der Waals surface area contributed by atoms with Crippen molar-refractivity contribution in [3.63, 3.8) is 0 Å². The number of nitrogens with one attached hydrogen (secondary N) is 2. The Labute approximate surface area is 90.3 Å². The number of anilines is 2. The average molecular weight is 209 g/mol. The molecule has 2 heterocycles. The SMILES string of the molecule is CC.Cc1cc(=O)[nH]c2c1NC(C)N2C. The van der Waals surface area contributed by atoms with Gasteiger partial charge < -0.3 is 15.2 Å². The smallest absolute Gasteiger partial charge is 0.249 e. The van der Waals surface area contributed by atoms with Gasteiger partial charge in [-0.25, -0.2) is 0 Å². The van der Waals surface area contributed by atoms with Crippen LogP contribution >= 0.6 is 0 Å². The molecule has 84 valence electrons. The van der Waals surface area contributed by atoms with E-state index in [0.29, 0.717) is 0 Å². The molecule has 0 aliphatic carbocycles. The van der Waals surface area contributed by atoms with Crippen molar-refractivity contribution in [1.82, 2.24) is 4.98 Å². The molecule has 0 aromatic carbocycles. The van der Waals surface area contributed by atoms with Crippen molar-refractivity contribution in [1.29, 1.82) is 0 Å². The Morgan fingerprint density at radius 1 is 1.40 bits per heavy atom. The molecule has 0 spiro atoms. The lowest BCUT2D eigenvalue weighted by Gasteiger charge is -2.16. The van der Waals surface area contributed by atoms with Gasteiger partial charge in [0.05, 0.1) is 11.9 Å². The molecule has 2 rings (SSSR count). The van der Waals surface area contributed by atoms with Crippen LogP contribution in [0.1, 0.15) is 26.3 Å². The molecule has 1 aromatic rings. The number of hydrogen-bond donors (Lipinski definition) is 2. The molecular formula is C11H19N3O. The van der Waals surface area contributed by atoms with Gasteiger partial charge in [-0.3, -0.25) is 4.79 Å². The van der Waals surface area contributed by atoms with Crippen LogP contribution in [0.15, 0.2) is 10.9 Å². The maximum Gasteiger partial charge on any atom is 0.249 e. The van der Waals surface area contributed by atoms with Gasteiger partial charge >= 0.3 is 0 Å².